The molecule has 3 nitrogen and oxygen atoms in total. The van der Waals surface area contributed by atoms with Crippen molar-refractivity contribution in [2.24, 2.45) is 0 Å². The molecule has 0 atom stereocenters. The Kier molecular flexibility index (Phi) is 10.6. The predicted molar refractivity (Wildman–Crippen MR) is 205 cm³/mol. The van der Waals surface area contributed by atoms with Crippen LogP contribution in [0.5, 0.6) is 0 Å². The van der Waals surface area contributed by atoms with Crippen LogP contribution in [0.3, 0.4) is 0 Å². The van der Waals surface area contributed by atoms with E-state index < -0.39 is 0 Å². The molecule has 3 aromatic heterocycles. The molecule has 0 aliphatic heterocycles. The standard InChI is InChI=1S/C45H41N3/c1-4-36(39-16-10-7-11-17-39)26-33-22-24-46-42(29-33)44-31-35(28-38(6-3)41-20-14-9-15-21-41)32-45(48-44)43-30-34(23-25-47-43)27-37(5-2)40-18-12-8-13-19-40/h7-32H,4-6H2,1-3H3. The summed E-state index contributed by atoms with van der Waals surface area (Å²) in [5.74, 6) is 0. The maximum atomic E-state index is 5.18. The number of hydrogen-bond donors (Lipinski definition) is 0. The van der Waals surface area contributed by atoms with Crippen molar-refractivity contribution in [2.45, 2.75) is 40.0 Å². The normalized spacial score (nSPS) is 12.3. The van der Waals surface area contributed by atoms with Crippen LogP contribution in [0, 0.1) is 0 Å². The van der Waals surface area contributed by atoms with Crippen molar-refractivity contribution in [3.8, 4) is 22.8 Å². The van der Waals surface area contributed by atoms with Crippen molar-refractivity contribution in [2.75, 3.05) is 0 Å². The Balaban J connectivity index is 1.45. The van der Waals surface area contributed by atoms with Crippen LogP contribution in [-0.4, -0.2) is 15.0 Å². The van der Waals surface area contributed by atoms with Crippen LogP contribution in [0.1, 0.15) is 73.4 Å². The third-order valence-electron chi connectivity index (χ3n) is 8.54. The Morgan fingerprint density at radius 1 is 0.417 bits per heavy atom. The van der Waals surface area contributed by atoms with E-state index in [1.165, 1.54) is 33.4 Å². The molecular formula is C45H41N3. The maximum Gasteiger partial charge on any atom is 0.0900 e. The first-order valence-corrected chi connectivity index (χ1v) is 16.9. The Bertz CT molecular complexity index is 1940. The molecule has 0 bridgehead atoms. The highest BCUT2D eigenvalue weighted by molar-refractivity contribution is 5.85. The van der Waals surface area contributed by atoms with E-state index in [4.69, 9.17) is 15.0 Å². The van der Waals surface area contributed by atoms with Crippen LogP contribution in [0.2, 0.25) is 0 Å². The van der Waals surface area contributed by atoms with Gasteiger partial charge in [-0.25, -0.2) is 4.98 Å². The Morgan fingerprint density at radius 2 is 0.750 bits per heavy atom. The molecule has 3 heteroatoms. The van der Waals surface area contributed by atoms with E-state index in [-0.39, 0.29) is 0 Å². The Morgan fingerprint density at radius 3 is 1.10 bits per heavy atom. The fourth-order valence-corrected chi connectivity index (χ4v) is 5.98. The monoisotopic (exact) mass is 623 g/mol. The van der Waals surface area contributed by atoms with Gasteiger partial charge in [-0.05, 0) is 106 Å². The zero-order valence-electron chi connectivity index (χ0n) is 28.0. The molecular weight excluding hydrogens is 583 g/mol. The van der Waals surface area contributed by atoms with Gasteiger partial charge in [0, 0.05) is 12.4 Å². The van der Waals surface area contributed by atoms with Gasteiger partial charge in [-0.3, -0.25) is 9.97 Å². The van der Waals surface area contributed by atoms with Crippen molar-refractivity contribution >= 4 is 34.9 Å². The summed E-state index contributed by atoms with van der Waals surface area (Å²) in [7, 11) is 0. The summed E-state index contributed by atoms with van der Waals surface area (Å²) in [6.07, 6.45) is 13.3. The molecule has 0 spiro atoms. The van der Waals surface area contributed by atoms with Crippen molar-refractivity contribution in [1.29, 1.82) is 0 Å². The number of pyridine rings is 3. The zero-order valence-corrected chi connectivity index (χ0v) is 28.0. The third kappa shape index (κ3) is 8.00. The van der Waals surface area contributed by atoms with Crippen molar-refractivity contribution in [1.82, 2.24) is 15.0 Å². The first kappa shape index (κ1) is 32.3. The lowest BCUT2D eigenvalue weighted by atomic mass is 9.98. The van der Waals surface area contributed by atoms with Crippen LogP contribution in [0.4, 0.5) is 0 Å². The van der Waals surface area contributed by atoms with E-state index >= 15 is 0 Å². The van der Waals surface area contributed by atoms with Gasteiger partial charge in [0.15, 0.2) is 0 Å². The summed E-state index contributed by atoms with van der Waals surface area (Å²) in [5.41, 5.74) is 14.1. The molecule has 48 heavy (non-hydrogen) atoms. The van der Waals surface area contributed by atoms with Gasteiger partial charge in [-0.1, -0.05) is 130 Å². The molecule has 0 radical (unpaired) electrons. The van der Waals surface area contributed by atoms with Crippen molar-refractivity contribution < 1.29 is 0 Å². The van der Waals surface area contributed by atoms with E-state index in [9.17, 15) is 0 Å². The van der Waals surface area contributed by atoms with Gasteiger partial charge in [0.2, 0.25) is 0 Å². The van der Waals surface area contributed by atoms with E-state index in [0.717, 1.165) is 58.7 Å². The lowest BCUT2D eigenvalue weighted by Gasteiger charge is -2.11. The molecule has 0 fully saturated rings. The molecule has 6 rings (SSSR count). The smallest absolute Gasteiger partial charge is 0.0900 e. The van der Waals surface area contributed by atoms with E-state index in [1.54, 1.807) is 0 Å². The summed E-state index contributed by atoms with van der Waals surface area (Å²) in [6, 6.07) is 44.4. The average molecular weight is 624 g/mol. The number of allylic oxidation sites excluding steroid dienone is 3. The summed E-state index contributed by atoms with van der Waals surface area (Å²) < 4.78 is 0. The summed E-state index contributed by atoms with van der Waals surface area (Å²) >= 11 is 0. The molecule has 0 aliphatic carbocycles. The molecule has 3 aromatic carbocycles. The molecule has 236 valence electrons. The lowest BCUT2D eigenvalue weighted by Crippen LogP contribution is -1.95. The zero-order chi connectivity index (χ0) is 33.1. The minimum Gasteiger partial charge on any atom is -0.255 e. The molecule has 0 saturated heterocycles. The molecule has 0 amide bonds. The van der Waals surface area contributed by atoms with E-state index in [0.29, 0.717) is 0 Å². The number of benzene rings is 3. The highest BCUT2D eigenvalue weighted by Gasteiger charge is 2.12. The highest BCUT2D eigenvalue weighted by Crippen LogP contribution is 2.30. The molecule has 0 aliphatic rings. The van der Waals surface area contributed by atoms with Crippen LogP contribution < -0.4 is 0 Å². The van der Waals surface area contributed by atoms with Crippen LogP contribution in [-0.2, 0) is 0 Å². The highest BCUT2D eigenvalue weighted by atomic mass is 14.8. The minimum atomic E-state index is 0.816. The largest absolute Gasteiger partial charge is 0.255 e. The maximum absolute atomic E-state index is 5.18. The number of nitrogens with zero attached hydrogens (tertiary/aromatic N) is 3. The van der Waals surface area contributed by atoms with Gasteiger partial charge in [0.05, 0.1) is 22.8 Å². The first-order chi connectivity index (χ1) is 23.6. The Labute approximate surface area is 285 Å². The van der Waals surface area contributed by atoms with Gasteiger partial charge < -0.3 is 0 Å². The van der Waals surface area contributed by atoms with Crippen LogP contribution in [0.25, 0.3) is 57.7 Å². The van der Waals surface area contributed by atoms with Crippen molar-refractivity contribution in [3.05, 3.63) is 173 Å². The van der Waals surface area contributed by atoms with Gasteiger partial charge in [-0.15, -0.1) is 0 Å². The van der Waals surface area contributed by atoms with E-state index in [2.05, 4.69) is 166 Å². The number of rotatable bonds is 11. The first-order valence-electron chi connectivity index (χ1n) is 16.9. The molecule has 6 aromatic rings. The van der Waals surface area contributed by atoms with Gasteiger partial charge in [-0.2, -0.15) is 0 Å². The predicted octanol–water partition coefficient (Wildman–Crippen LogP) is 12.1. The van der Waals surface area contributed by atoms with Crippen LogP contribution >= 0.6 is 0 Å². The number of hydrogen-bond acceptors (Lipinski definition) is 3. The second-order valence-electron chi connectivity index (χ2n) is 11.8. The summed E-state index contributed by atoms with van der Waals surface area (Å²) in [4.78, 5) is 14.8. The van der Waals surface area contributed by atoms with Crippen molar-refractivity contribution in [3.63, 3.8) is 0 Å². The average Bonchev–Trinajstić information content (AvgIpc) is 3.16. The second kappa shape index (κ2) is 15.8. The fraction of sp³-hybridized carbons (Fsp3) is 0.133. The minimum absolute atomic E-state index is 0.816. The second-order valence-corrected chi connectivity index (χ2v) is 11.8. The summed E-state index contributed by atoms with van der Waals surface area (Å²) in [5, 5.41) is 0. The third-order valence-corrected chi connectivity index (χ3v) is 8.54. The van der Waals surface area contributed by atoms with Gasteiger partial charge in [0.25, 0.3) is 0 Å². The van der Waals surface area contributed by atoms with E-state index in [1.807, 2.05) is 12.4 Å². The molecule has 0 saturated carbocycles. The topological polar surface area (TPSA) is 38.7 Å². The molecule has 0 N–H and O–H groups in total. The number of aromatic nitrogens is 3. The lowest BCUT2D eigenvalue weighted by molar-refractivity contribution is 1.21. The summed E-state index contributed by atoms with van der Waals surface area (Å²) in [6.45, 7) is 6.59. The van der Waals surface area contributed by atoms with Gasteiger partial charge in [0.1, 0.15) is 0 Å². The molecule has 3 heterocycles. The quantitative estimate of drug-likeness (QED) is 0.144. The SMILES string of the molecule is CCC(=Cc1ccnc(-c2cc(C=C(CC)c3ccccc3)cc(-c3cc(C=C(CC)c4ccccc4)ccn3)n2)c1)c1ccccc1. The molecule has 0 unspecified atom stereocenters. The Hall–Kier alpha value is -5.67. The van der Waals surface area contributed by atoms with Crippen LogP contribution in [0.15, 0.2) is 140 Å². The fourth-order valence-electron chi connectivity index (χ4n) is 5.98. The van der Waals surface area contributed by atoms with Gasteiger partial charge >= 0.3 is 0 Å².